The van der Waals surface area contributed by atoms with Gasteiger partial charge in [0.2, 0.25) is 0 Å². The molecule has 2 aromatic rings. The summed E-state index contributed by atoms with van der Waals surface area (Å²) in [5, 5.41) is 23.2. The molecule has 1 N–H and O–H groups in total. The molecule has 2 aromatic heterocycles. The average Bonchev–Trinajstić information content (AvgIpc) is 3.77. The van der Waals surface area contributed by atoms with E-state index in [4.69, 9.17) is 23.7 Å². The van der Waals surface area contributed by atoms with Gasteiger partial charge in [0.25, 0.3) is 0 Å². The zero-order chi connectivity index (χ0) is 43.6. The molecule has 5 heterocycles. The number of hydrogen-bond acceptors (Lipinski definition) is 13. The number of ether oxygens (including phenoxy) is 5. The third-order valence-electron chi connectivity index (χ3n) is 12.9. The molecule has 0 aromatic carbocycles. The van der Waals surface area contributed by atoms with Crippen molar-refractivity contribution in [2.75, 3.05) is 27.7 Å². The Bertz CT molecular complexity index is 1810. The zero-order valence-corrected chi connectivity index (χ0v) is 36.5. The van der Waals surface area contributed by atoms with Crippen LogP contribution in [0.2, 0.25) is 0 Å². The molecule has 328 valence electrons. The molecule has 3 fully saturated rings. The van der Waals surface area contributed by atoms with Crippen molar-refractivity contribution in [3.8, 4) is 11.3 Å². The number of fused-ring (bicyclic) bond motifs is 1. The van der Waals surface area contributed by atoms with Crippen LogP contribution in [0.1, 0.15) is 87.5 Å². The van der Waals surface area contributed by atoms with Gasteiger partial charge in [0, 0.05) is 56.3 Å². The Kier molecular flexibility index (Phi) is 14.7. The topological polar surface area (TPSA) is 186 Å². The number of likely N-dealkylation sites (N-methyl/N-ethyl adjacent to an activating group) is 1. The molecule has 3 aliphatic rings. The molecular weight excluding hydrogens is 762 g/mol. The molecule has 3 saturated heterocycles. The summed E-state index contributed by atoms with van der Waals surface area (Å²) in [6.07, 6.45) is 3.45. The van der Waals surface area contributed by atoms with Crippen LogP contribution in [0.15, 0.2) is 37.1 Å². The number of ketones is 2. The average molecular weight is 828 g/mol. The highest BCUT2D eigenvalue weighted by Gasteiger charge is 2.60. The van der Waals surface area contributed by atoms with Gasteiger partial charge >= 0.3 is 12.1 Å². The predicted octanol–water partition coefficient (Wildman–Crippen LogP) is 4.17. The summed E-state index contributed by atoms with van der Waals surface area (Å²) in [6.45, 7) is 14.7. The first-order valence-electron chi connectivity index (χ1n) is 20.9. The van der Waals surface area contributed by atoms with Crippen molar-refractivity contribution in [2.24, 2.45) is 23.7 Å². The SMILES string of the molecule is CC[C@H]1OC(=O)[C@H](C)C(=O)[C@H](C)[C@@H](O[C@@H]2O[C@H](C)C[C@H](N(C)C)[C@H]2O)[C@](C)(OC)C[C@@H](C)C(=O)[C@H](C)[C@H]2N(CCCCn3cnc(-c4ccc[n+]([O-])c4)c3)C(=O)O[C@]12C. The van der Waals surface area contributed by atoms with Crippen LogP contribution in [0.3, 0.4) is 0 Å². The molecule has 0 saturated carbocycles. The monoisotopic (exact) mass is 827 g/mol. The first kappa shape index (κ1) is 46.1. The highest BCUT2D eigenvalue weighted by molar-refractivity contribution is 6.00. The van der Waals surface area contributed by atoms with E-state index in [1.165, 1.54) is 26.4 Å². The van der Waals surface area contributed by atoms with Gasteiger partial charge in [-0.15, -0.1) is 0 Å². The number of nitrogens with zero attached hydrogens (tertiary/aromatic N) is 5. The number of pyridine rings is 1. The van der Waals surface area contributed by atoms with E-state index in [9.17, 15) is 29.5 Å². The third kappa shape index (κ3) is 9.67. The normalized spacial score (nSPS) is 36.3. The number of carbonyl (C=O) groups excluding carboxylic acids is 4. The number of aromatic nitrogens is 3. The Morgan fingerprint density at radius 3 is 2.39 bits per heavy atom. The van der Waals surface area contributed by atoms with Gasteiger partial charge in [-0.3, -0.25) is 14.4 Å². The van der Waals surface area contributed by atoms with Crippen LogP contribution in [0.4, 0.5) is 4.79 Å². The number of unbranched alkanes of at least 4 members (excludes halogenated alkanes) is 1. The fourth-order valence-electron chi connectivity index (χ4n) is 9.52. The maximum Gasteiger partial charge on any atom is 0.410 e. The molecule has 0 radical (unpaired) electrons. The van der Waals surface area contributed by atoms with E-state index in [1.54, 1.807) is 58.8 Å². The lowest BCUT2D eigenvalue weighted by atomic mass is 9.73. The first-order chi connectivity index (χ1) is 27.8. The molecule has 0 unspecified atom stereocenters. The number of amides is 1. The Labute approximate surface area is 348 Å². The second-order valence-corrected chi connectivity index (χ2v) is 17.5. The summed E-state index contributed by atoms with van der Waals surface area (Å²) in [5.41, 5.74) is -1.35. The van der Waals surface area contributed by atoms with Crippen molar-refractivity contribution >= 4 is 23.6 Å². The number of methoxy groups -OCH3 is 1. The number of aliphatic hydroxyl groups is 1. The Hall–Kier alpha value is -3.96. The lowest BCUT2D eigenvalue weighted by Crippen LogP contribution is -2.60. The highest BCUT2D eigenvalue weighted by Crippen LogP contribution is 2.43. The van der Waals surface area contributed by atoms with Crippen molar-refractivity contribution in [1.29, 1.82) is 0 Å². The van der Waals surface area contributed by atoms with Crippen molar-refractivity contribution in [3.05, 3.63) is 42.3 Å². The van der Waals surface area contributed by atoms with E-state index in [2.05, 4.69) is 4.98 Å². The van der Waals surface area contributed by atoms with Crippen molar-refractivity contribution in [3.63, 3.8) is 0 Å². The van der Waals surface area contributed by atoms with Gasteiger partial charge in [0.05, 0.1) is 41.4 Å². The Morgan fingerprint density at radius 2 is 1.75 bits per heavy atom. The van der Waals surface area contributed by atoms with Gasteiger partial charge in [-0.2, -0.15) is 4.73 Å². The number of cyclic esters (lactones) is 1. The van der Waals surface area contributed by atoms with Crippen LogP contribution >= 0.6 is 0 Å². The second-order valence-electron chi connectivity index (χ2n) is 17.5. The largest absolute Gasteiger partial charge is 0.619 e. The summed E-state index contributed by atoms with van der Waals surface area (Å²) >= 11 is 0. The first-order valence-corrected chi connectivity index (χ1v) is 20.9. The quantitative estimate of drug-likeness (QED) is 0.112. The maximum absolute atomic E-state index is 14.7. The minimum absolute atomic E-state index is 0.114. The van der Waals surface area contributed by atoms with Crippen molar-refractivity contribution in [1.82, 2.24) is 19.4 Å². The smallest absolute Gasteiger partial charge is 0.410 e. The Balaban J connectivity index is 1.43. The summed E-state index contributed by atoms with van der Waals surface area (Å²) in [5.74, 6) is -5.06. The van der Waals surface area contributed by atoms with Crippen molar-refractivity contribution < 1.29 is 52.7 Å². The molecule has 5 rings (SSSR count). The van der Waals surface area contributed by atoms with Gasteiger partial charge < -0.3 is 48.4 Å². The van der Waals surface area contributed by atoms with E-state index in [1.807, 2.05) is 42.7 Å². The molecule has 16 nitrogen and oxygen atoms in total. The molecule has 13 atom stereocenters. The number of hydrogen-bond donors (Lipinski definition) is 1. The third-order valence-corrected chi connectivity index (χ3v) is 12.9. The fourth-order valence-corrected chi connectivity index (χ4v) is 9.52. The second kappa shape index (κ2) is 18.8. The van der Waals surface area contributed by atoms with Crippen LogP contribution < -0.4 is 4.73 Å². The molecule has 3 aliphatic heterocycles. The molecule has 0 spiro atoms. The van der Waals surface area contributed by atoms with Crippen LogP contribution in [0.5, 0.6) is 0 Å². The molecule has 0 aliphatic carbocycles. The van der Waals surface area contributed by atoms with Crippen LogP contribution in [-0.4, -0.2) is 130 Å². The summed E-state index contributed by atoms with van der Waals surface area (Å²) in [6, 6.07) is 2.37. The van der Waals surface area contributed by atoms with Crippen LogP contribution in [-0.2, 0) is 44.6 Å². The Morgan fingerprint density at radius 1 is 1.05 bits per heavy atom. The summed E-state index contributed by atoms with van der Waals surface area (Å²) in [7, 11) is 5.22. The van der Waals surface area contributed by atoms with Crippen molar-refractivity contribution in [2.45, 2.75) is 148 Å². The molecular formula is C43H65N5O11. The number of imidazole rings is 1. The van der Waals surface area contributed by atoms with E-state index >= 15 is 0 Å². The van der Waals surface area contributed by atoms with Crippen LogP contribution in [0.25, 0.3) is 11.3 Å². The number of Topliss-reactive ketones (excluding diaryl/α,β-unsaturated/α-hetero) is 2. The lowest BCUT2D eigenvalue weighted by molar-refractivity contribution is -0.604. The standard InChI is InChI=1S/C43H65N5O11/c1-12-33-43(8)37(48(41(53)59-43)19-14-13-17-46-23-31(44-24-46)30-16-15-18-47(54)22-30)27(4)34(49)25(2)21-42(7,55-11)38(28(5)35(50)29(6)39(52)57-33)58-40-36(51)32(45(9)10)20-26(3)56-40/h15-16,18,22-29,32-33,36-38,40,51H,12-14,17,19-21H2,1-11H3/t25-,26-,27+,28+,29-,32+,33-,36-,37-,38-,40+,42-,43-/m1/s1. The van der Waals surface area contributed by atoms with E-state index in [-0.39, 0.29) is 37.3 Å². The fraction of sp³-hybridized carbons (Fsp3) is 0.721. The highest BCUT2D eigenvalue weighted by atomic mass is 16.7. The van der Waals surface area contributed by atoms with E-state index in [0.717, 1.165) is 4.73 Å². The zero-order valence-electron chi connectivity index (χ0n) is 36.5. The molecule has 16 heteroatoms. The maximum atomic E-state index is 14.7. The van der Waals surface area contributed by atoms with E-state index in [0.29, 0.717) is 37.1 Å². The molecule has 0 bridgehead atoms. The number of rotatable bonds is 11. The minimum atomic E-state index is -1.42. The van der Waals surface area contributed by atoms with Gasteiger partial charge in [-0.1, -0.05) is 27.7 Å². The number of carbonyl (C=O) groups is 4. The number of aliphatic hydroxyl groups excluding tert-OH is 1. The van der Waals surface area contributed by atoms with Gasteiger partial charge in [-0.05, 0) is 80.0 Å². The number of esters is 1. The van der Waals surface area contributed by atoms with E-state index < -0.39 is 83.4 Å². The predicted molar refractivity (Wildman–Crippen MR) is 215 cm³/mol. The summed E-state index contributed by atoms with van der Waals surface area (Å²) in [4.78, 5) is 64.8. The van der Waals surface area contributed by atoms with Crippen LogP contribution in [0, 0.1) is 28.9 Å². The molecule has 59 heavy (non-hydrogen) atoms. The van der Waals surface area contributed by atoms with Gasteiger partial charge in [0.15, 0.2) is 30.1 Å². The van der Waals surface area contributed by atoms with Gasteiger partial charge in [-0.25, -0.2) is 9.78 Å². The number of aryl methyl sites for hydroxylation is 1. The van der Waals surface area contributed by atoms with Gasteiger partial charge in [0.1, 0.15) is 23.9 Å². The minimum Gasteiger partial charge on any atom is -0.619 e. The summed E-state index contributed by atoms with van der Waals surface area (Å²) < 4.78 is 33.8. The molecule has 1 amide bonds. The lowest BCUT2D eigenvalue weighted by Gasteiger charge is -2.47.